The Morgan fingerprint density at radius 2 is 1.27 bits per heavy atom. The predicted octanol–water partition coefficient (Wildman–Crippen LogP) is 14.9. The molecule has 1 spiro atoms. The molecular weight excluding hydrogens is 755 g/mol. The van der Waals surface area contributed by atoms with E-state index in [1.807, 2.05) is 0 Å². The summed E-state index contributed by atoms with van der Waals surface area (Å²) in [6.45, 7) is 0. The zero-order valence-electron chi connectivity index (χ0n) is 35.5. The van der Waals surface area contributed by atoms with Crippen molar-refractivity contribution in [2.45, 2.75) is 120 Å². The molecule has 7 atom stereocenters. The average Bonchev–Trinajstić information content (AvgIpc) is 4.04. The number of fused-ring (bicyclic) bond motifs is 18. The standard InChI is InChI=1S/C58H51N3O/c1-2-8-31-9-4-5-10-39(31)42-24-43-40-11-6-7-13-48(40)62-57(43)49(41(42)12-3-1)33-21-44-52-46(27-59-54-34-17-29-14-30(18-34)16-32(15-29)50(52)54)61-47-28-60-55-36-20-38-23-37-19-35(25-58(37,38)26-36)51(55)53(47)45(22-33)56(44)61/h4-7,9-11,13,21-22,24,27-30,32,34-38H,1-3,8,12,14-20,23,25-26H2. The number of rotatable bonds is 1. The van der Waals surface area contributed by atoms with Crippen LogP contribution in [-0.4, -0.2) is 14.4 Å². The highest BCUT2D eigenvalue weighted by Crippen LogP contribution is 2.76. The zero-order valence-corrected chi connectivity index (χ0v) is 35.5. The third kappa shape index (κ3) is 3.93. The Balaban J connectivity index is 1.05. The normalized spacial score (nSPS) is 31.3. The molecule has 0 aliphatic heterocycles. The second-order valence-corrected chi connectivity index (χ2v) is 22.3. The summed E-state index contributed by atoms with van der Waals surface area (Å²) >= 11 is 0. The fourth-order valence-electron chi connectivity index (χ4n) is 17.6. The largest absolute Gasteiger partial charge is 0.455 e. The van der Waals surface area contributed by atoms with Crippen LogP contribution in [0.1, 0.15) is 141 Å². The average molecular weight is 806 g/mol. The molecule has 0 saturated heterocycles. The van der Waals surface area contributed by atoms with Crippen LogP contribution in [0.25, 0.3) is 82.3 Å². The van der Waals surface area contributed by atoms with Gasteiger partial charge in [0.15, 0.2) is 0 Å². The van der Waals surface area contributed by atoms with E-state index in [1.165, 1.54) is 177 Å². The van der Waals surface area contributed by atoms with Gasteiger partial charge in [-0.15, -0.1) is 0 Å². The molecule has 5 saturated carbocycles. The van der Waals surface area contributed by atoms with Crippen molar-refractivity contribution in [1.29, 1.82) is 0 Å². The third-order valence-corrected chi connectivity index (χ3v) is 19.7. The molecule has 0 radical (unpaired) electrons. The van der Waals surface area contributed by atoms with Gasteiger partial charge in [-0.2, -0.15) is 0 Å². The molecule has 9 aromatic rings. The molecule has 0 N–H and O–H groups in total. The van der Waals surface area contributed by atoms with Crippen LogP contribution in [0.3, 0.4) is 0 Å². The Kier molecular flexibility index (Phi) is 6.07. The van der Waals surface area contributed by atoms with Crippen LogP contribution in [0.2, 0.25) is 0 Å². The molecule has 9 aliphatic carbocycles. The highest BCUT2D eigenvalue weighted by atomic mass is 16.3. The van der Waals surface area contributed by atoms with Crippen molar-refractivity contribution in [2.24, 2.45) is 29.1 Å². The highest BCUT2D eigenvalue weighted by Gasteiger charge is 2.66. The molecule has 62 heavy (non-hydrogen) atoms. The molecule has 9 aliphatic rings. The van der Waals surface area contributed by atoms with Crippen molar-refractivity contribution in [2.75, 3.05) is 0 Å². The summed E-state index contributed by atoms with van der Waals surface area (Å²) in [5, 5.41) is 8.39. The van der Waals surface area contributed by atoms with Crippen LogP contribution in [0.5, 0.6) is 0 Å². The maximum absolute atomic E-state index is 7.18. The van der Waals surface area contributed by atoms with Crippen molar-refractivity contribution in [1.82, 2.24) is 14.4 Å². The van der Waals surface area contributed by atoms with Gasteiger partial charge in [0.2, 0.25) is 0 Å². The number of aryl methyl sites for hydroxylation is 1. The SMILES string of the molecule is c1ccc2c(c1)CCCCCc1c-2cc2c(oc3ccccc32)c1-c1cc2c3c4c(ncc3n3c5cnc6c(c5c(c1)c23)C1CC2CC3CC6CC32C1)C1CC2CC(C1)CC4C2. The van der Waals surface area contributed by atoms with Crippen LogP contribution in [0, 0.1) is 29.1 Å². The third-order valence-electron chi connectivity index (χ3n) is 19.7. The molecule has 304 valence electrons. The van der Waals surface area contributed by atoms with Crippen LogP contribution in [-0.2, 0) is 12.8 Å². The van der Waals surface area contributed by atoms with Gasteiger partial charge in [-0.3, -0.25) is 9.97 Å². The summed E-state index contributed by atoms with van der Waals surface area (Å²) in [5.74, 6) is 5.98. The molecule has 18 rings (SSSR count). The van der Waals surface area contributed by atoms with Gasteiger partial charge in [0.1, 0.15) is 11.2 Å². The number of benzene rings is 4. The second-order valence-electron chi connectivity index (χ2n) is 22.3. The van der Waals surface area contributed by atoms with Crippen LogP contribution >= 0.6 is 0 Å². The summed E-state index contributed by atoms with van der Waals surface area (Å²) in [7, 11) is 0. The number of para-hydroxylation sites is 1. The first kappa shape index (κ1) is 33.4. The first-order valence-corrected chi connectivity index (χ1v) is 24.8. The van der Waals surface area contributed by atoms with E-state index < -0.39 is 0 Å². The van der Waals surface area contributed by atoms with Gasteiger partial charge in [0.25, 0.3) is 0 Å². The summed E-state index contributed by atoms with van der Waals surface area (Å²) in [4.78, 5) is 11.2. The maximum Gasteiger partial charge on any atom is 0.143 e. The number of hydrogen-bond donors (Lipinski definition) is 0. The molecular formula is C58H51N3O. The summed E-state index contributed by atoms with van der Waals surface area (Å²) < 4.78 is 9.86. The Bertz CT molecular complexity index is 3480. The van der Waals surface area contributed by atoms with Crippen LogP contribution in [0.15, 0.2) is 83.5 Å². The Labute approximate surface area is 361 Å². The van der Waals surface area contributed by atoms with E-state index in [0.717, 1.165) is 47.7 Å². The van der Waals surface area contributed by atoms with E-state index in [-0.39, 0.29) is 0 Å². The molecule has 7 bridgehead atoms. The molecule has 4 aromatic carbocycles. The summed E-state index contributed by atoms with van der Waals surface area (Å²) in [6, 6.07) is 25.9. The minimum Gasteiger partial charge on any atom is -0.455 e. The highest BCUT2D eigenvalue weighted by molar-refractivity contribution is 6.26. The van der Waals surface area contributed by atoms with Crippen molar-refractivity contribution >= 4 is 60.0 Å². The first-order chi connectivity index (χ1) is 30.6. The number of nitrogens with zero attached hydrogens (tertiary/aromatic N) is 3. The summed E-state index contributed by atoms with van der Waals surface area (Å²) in [5.41, 5.74) is 21.3. The van der Waals surface area contributed by atoms with Crippen molar-refractivity contribution in [3.05, 3.63) is 113 Å². The van der Waals surface area contributed by atoms with E-state index in [0.29, 0.717) is 29.1 Å². The van der Waals surface area contributed by atoms with Gasteiger partial charge in [-0.05, 0) is 194 Å². The van der Waals surface area contributed by atoms with Gasteiger partial charge >= 0.3 is 0 Å². The molecule has 7 unspecified atom stereocenters. The van der Waals surface area contributed by atoms with Crippen molar-refractivity contribution < 1.29 is 4.42 Å². The van der Waals surface area contributed by atoms with E-state index in [1.54, 1.807) is 11.1 Å². The lowest BCUT2D eigenvalue weighted by Gasteiger charge is -2.48. The number of pyridine rings is 2. The molecule has 5 fully saturated rings. The van der Waals surface area contributed by atoms with Crippen molar-refractivity contribution in [3.63, 3.8) is 0 Å². The van der Waals surface area contributed by atoms with Gasteiger partial charge in [-0.1, -0.05) is 48.9 Å². The molecule has 4 nitrogen and oxygen atoms in total. The molecule has 5 heterocycles. The van der Waals surface area contributed by atoms with Crippen LogP contribution < -0.4 is 0 Å². The lowest BCUT2D eigenvalue weighted by Crippen LogP contribution is -2.41. The molecule has 0 amide bonds. The van der Waals surface area contributed by atoms with Gasteiger partial charge < -0.3 is 8.82 Å². The van der Waals surface area contributed by atoms with Gasteiger partial charge in [0.05, 0.1) is 28.9 Å². The number of furan rings is 1. The van der Waals surface area contributed by atoms with E-state index in [4.69, 9.17) is 14.4 Å². The fourth-order valence-corrected chi connectivity index (χ4v) is 17.6. The van der Waals surface area contributed by atoms with E-state index in [9.17, 15) is 0 Å². The summed E-state index contributed by atoms with van der Waals surface area (Å²) in [6.07, 6.45) is 24.2. The quantitative estimate of drug-likeness (QED) is 0.166. The lowest BCUT2D eigenvalue weighted by atomic mass is 9.56. The Morgan fingerprint density at radius 1 is 0.581 bits per heavy atom. The maximum atomic E-state index is 7.18. The zero-order chi connectivity index (χ0) is 39.7. The second kappa shape index (κ2) is 11.3. The predicted molar refractivity (Wildman–Crippen MR) is 250 cm³/mol. The minimum absolute atomic E-state index is 0.586. The lowest BCUT2D eigenvalue weighted by molar-refractivity contribution is 0.00321. The molecule has 4 heteroatoms. The van der Waals surface area contributed by atoms with Gasteiger partial charge in [-0.25, -0.2) is 0 Å². The number of aromatic nitrogens is 3. The van der Waals surface area contributed by atoms with Crippen molar-refractivity contribution in [3.8, 4) is 22.3 Å². The number of hydrogen-bond acceptors (Lipinski definition) is 3. The minimum atomic E-state index is 0.586. The first-order valence-electron chi connectivity index (χ1n) is 24.8. The monoisotopic (exact) mass is 805 g/mol. The Morgan fingerprint density at radius 3 is 2.11 bits per heavy atom. The smallest absolute Gasteiger partial charge is 0.143 e. The fraction of sp³-hybridized carbons (Fsp3) is 0.414. The molecule has 5 aromatic heterocycles. The van der Waals surface area contributed by atoms with E-state index >= 15 is 0 Å². The van der Waals surface area contributed by atoms with E-state index in [2.05, 4.69) is 83.5 Å². The van der Waals surface area contributed by atoms with Crippen LogP contribution in [0.4, 0.5) is 0 Å². The topological polar surface area (TPSA) is 43.3 Å². The van der Waals surface area contributed by atoms with Gasteiger partial charge in [0, 0.05) is 61.1 Å². The Hall–Kier alpha value is -5.22.